The first-order valence-corrected chi connectivity index (χ1v) is 3.51. The summed E-state index contributed by atoms with van der Waals surface area (Å²) in [6.07, 6.45) is 6.26. The van der Waals surface area contributed by atoms with Crippen LogP contribution in [0.2, 0.25) is 0 Å². The van der Waals surface area contributed by atoms with Crippen LogP contribution in [0.3, 0.4) is 0 Å². The molecule has 0 saturated carbocycles. The second kappa shape index (κ2) is 3.38. The van der Waals surface area contributed by atoms with Gasteiger partial charge in [0.25, 0.3) is 0 Å². The molecule has 0 bridgehead atoms. The second-order valence-electron chi connectivity index (χ2n) is 2.54. The van der Waals surface area contributed by atoms with Crippen molar-refractivity contribution in [2.24, 2.45) is 5.92 Å². The molecule has 0 aromatic rings. The summed E-state index contributed by atoms with van der Waals surface area (Å²) in [5.41, 5.74) is 0. The minimum absolute atomic E-state index is 0.191. The van der Waals surface area contributed by atoms with Crippen LogP contribution in [0.15, 0.2) is 0 Å². The Balaban J connectivity index is 2.34. The van der Waals surface area contributed by atoms with Crippen molar-refractivity contribution in [2.75, 3.05) is 13.1 Å². The molecule has 0 radical (unpaired) electrons. The highest BCUT2D eigenvalue weighted by molar-refractivity contribution is 5.83. The molecule has 1 aliphatic rings. The van der Waals surface area contributed by atoms with Gasteiger partial charge in [0.15, 0.2) is 0 Å². The van der Waals surface area contributed by atoms with Crippen molar-refractivity contribution in [1.82, 2.24) is 5.32 Å². The maximum Gasteiger partial charge on any atom is 0.149 e. The van der Waals surface area contributed by atoms with Crippen LogP contribution in [-0.2, 0) is 4.79 Å². The third-order valence-corrected chi connectivity index (χ3v) is 1.79. The van der Waals surface area contributed by atoms with E-state index in [-0.39, 0.29) is 11.7 Å². The van der Waals surface area contributed by atoms with Crippen LogP contribution in [0.4, 0.5) is 0 Å². The maximum absolute atomic E-state index is 11.1. The number of ketones is 1. The van der Waals surface area contributed by atoms with E-state index in [1.54, 1.807) is 0 Å². The molecule has 1 fully saturated rings. The number of Topliss-reactive ketones (excluding diaryl/α,β-unsaturated/α-hetero) is 1. The van der Waals surface area contributed by atoms with E-state index < -0.39 is 0 Å². The van der Waals surface area contributed by atoms with Crippen molar-refractivity contribution in [2.45, 2.75) is 12.8 Å². The first kappa shape index (κ1) is 7.30. The van der Waals surface area contributed by atoms with Crippen molar-refractivity contribution in [3.05, 3.63) is 0 Å². The first-order valence-electron chi connectivity index (χ1n) is 3.51. The zero-order chi connectivity index (χ0) is 7.40. The topological polar surface area (TPSA) is 29.1 Å². The average molecular weight is 137 g/mol. The molecule has 1 rings (SSSR count). The number of terminal acetylenes is 1. The summed E-state index contributed by atoms with van der Waals surface area (Å²) in [5.74, 6) is 2.77. The molecule has 2 nitrogen and oxygen atoms in total. The van der Waals surface area contributed by atoms with E-state index in [0.717, 1.165) is 19.5 Å². The molecule has 54 valence electrons. The highest BCUT2D eigenvalue weighted by atomic mass is 16.1. The van der Waals surface area contributed by atoms with Gasteiger partial charge in [0.05, 0.1) is 6.42 Å². The van der Waals surface area contributed by atoms with Crippen molar-refractivity contribution in [3.63, 3.8) is 0 Å². The monoisotopic (exact) mass is 137 g/mol. The number of hydrogen-bond acceptors (Lipinski definition) is 2. The van der Waals surface area contributed by atoms with E-state index in [1.165, 1.54) is 0 Å². The SMILES string of the molecule is C#CCC(=O)[C@@H]1CCNC1. The van der Waals surface area contributed by atoms with Gasteiger partial charge in [-0.05, 0) is 13.0 Å². The lowest BCUT2D eigenvalue weighted by atomic mass is 10.0. The molecule has 2 heteroatoms. The van der Waals surface area contributed by atoms with Crippen molar-refractivity contribution in [3.8, 4) is 12.3 Å². The van der Waals surface area contributed by atoms with Crippen LogP contribution < -0.4 is 5.32 Å². The molecule has 0 aliphatic carbocycles. The van der Waals surface area contributed by atoms with Crippen molar-refractivity contribution >= 4 is 5.78 Å². The van der Waals surface area contributed by atoms with E-state index in [2.05, 4.69) is 11.2 Å². The van der Waals surface area contributed by atoms with Gasteiger partial charge in [0.2, 0.25) is 0 Å². The normalized spacial score (nSPS) is 24.1. The van der Waals surface area contributed by atoms with Gasteiger partial charge >= 0.3 is 0 Å². The third-order valence-electron chi connectivity index (χ3n) is 1.79. The smallest absolute Gasteiger partial charge is 0.149 e. The lowest BCUT2D eigenvalue weighted by Crippen LogP contribution is -2.16. The summed E-state index contributed by atoms with van der Waals surface area (Å²) in [4.78, 5) is 11.1. The molecule has 0 amide bonds. The predicted molar refractivity (Wildman–Crippen MR) is 39.4 cm³/mol. The summed E-state index contributed by atoms with van der Waals surface area (Å²) >= 11 is 0. The van der Waals surface area contributed by atoms with Gasteiger partial charge in [-0.15, -0.1) is 6.42 Å². The second-order valence-corrected chi connectivity index (χ2v) is 2.54. The zero-order valence-corrected chi connectivity index (χ0v) is 5.89. The number of carbonyl (C=O) groups excluding carboxylic acids is 1. The number of rotatable bonds is 2. The van der Waals surface area contributed by atoms with E-state index in [9.17, 15) is 4.79 Å². The fourth-order valence-electron chi connectivity index (χ4n) is 1.17. The van der Waals surface area contributed by atoms with Gasteiger partial charge in [-0.2, -0.15) is 0 Å². The van der Waals surface area contributed by atoms with Crippen molar-refractivity contribution < 1.29 is 4.79 Å². The zero-order valence-electron chi connectivity index (χ0n) is 5.89. The fourth-order valence-corrected chi connectivity index (χ4v) is 1.17. The molecule has 1 N–H and O–H groups in total. The third kappa shape index (κ3) is 1.58. The van der Waals surface area contributed by atoms with Crippen LogP contribution in [-0.4, -0.2) is 18.9 Å². The minimum Gasteiger partial charge on any atom is -0.316 e. The van der Waals surface area contributed by atoms with Crippen LogP contribution in [0.5, 0.6) is 0 Å². The molecule has 0 aromatic carbocycles. The molecule has 1 aliphatic heterocycles. The Morgan fingerprint density at radius 3 is 3.10 bits per heavy atom. The Bertz CT molecular complexity index is 163. The maximum atomic E-state index is 11.1. The van der Waals surface area contributed by atoms with Gasteiger partial charge < -0.3 is 5.32 Å². The number of nitrogens with one attached hydrogen (secondary N) is 1. The minimum atomic E-state index is 0.191. The van der Waals surface area contributed by atoms with E-state index in [0.29, 0.717) is 6.42 Å². The van der Waals surface area contributed by atoms with Gasteiger partial charge in [0.1, 0.15) is 5.78 Å². The van der Waals surface area contributed by atoms with Gasteiger partial charge in [-0.1, -0.05) is 5.92 Å². The quantitative estimate of drug-likeness (QED) is 0.550. The highest BCUT2D eigenvalue weighted by Crippen LogP contribution is 2.09. The Labute approximate surface area is 61.0 Å². The molecule has 0 aromatic heterocycles. The van der Waals surface area contributed by atoms with E-state index in [4.69, 9.17) is 6.42 Å². The lowest BCUT2D eigenvalue weighted by molar-refractivity contribution is -0.121. The van der Waals surface area contributed by atoms with Crippen molar-refractivity contribution in [1.29, 1.82) is 0 Å². The summed E-state index contributed by atoms with van der Waals surface area (Å²) in [6, 6.07) is 0. The predicted octanol–water partition coefficient (Wildman–Crippen LogP) is 0.188. The summed E-state index contributed by atoms with van der Waals surface area (Å²) < 4.78 is 0. The Kier molecular flexibility index (Phi) is 2.47. The van der Waals surface area contributed by atoms with Crippen LogP contribution >= 0.6 is 0 Å². The molecule has 0 spiro atoms. The summed E-state index contributed by atoms with van der Waals surface area (Å²) in [5, 5.41) is 3.12. The fraction of sp³-hybridized carbons (Fsp3) is 0.625. The number of carbonyl (C=O) groups is 1. The Morgan fingerprint density at radius 1 is 1.80 bits per heavy atom. The first-order chi connectivity index (χ1) is 4.84. The van der Waals surface area contributed by atoms with Gasteiger partial charge in [-0.3, -0.25) is 4.79 Å². The van der Waals surface area contributed by atoms with E-state index >= 15 is 0 Å². The highest BCUT2D eigenvalue weighted by Gasteiger charge is 2.20. The molecule has 1 atom stereocenters. The Morgan fingerprint density at radius 2 is 2.60 bits per heavy atom. The van der Waals surface area contributed by atoms with Gasteiger partial charge in [-0.25, -0.2) is 0 Å². The van der Waals surface area contributed by atoms with Crippen LogP contribution in [0.1, 0.15) is 12.8 Å². The summed E-state index contributed by atoms with van der Waals surface area (Å²) in [6.45, 7) is 1.78. The molecular formula is C8H11NO. The largest absolute Gasteiger partial charge is 0.316 e. The van der Waals surface area contributed by atoms with E-state index in [1.807, 2.05) is 0 Å². The van der Waals surface area contributed by atoms with Crippen LogP contribution in [0.25, 0.3) is 0 Å². The summed E-state index contributed by atoms with van der Waals surface area (Å²) in [7, 11) is 0. The number of hydrogen-bond donors (Lipinski definition) is 1. The van der Waals surface area contributed by atoms with Crippen LogP contribution in [0, 0.1) is 18.3 Å². The molecular weight excluding hydrogens is 126 g/mol. The molecule has 1 saturated heterocycles. The Hall–Kier alpha value is -0.810. The standard InChI is InChI=1S/C8H11NO/c1-2-3-8(10)7-4-5-9-6-7/h1,7,9H,3-6H2/t7-/m1/s1. The molecule has 1 heterocycles. The average Bonchev–Trinajstić information content (AvgIpc) is 2.38. The molecule has 0 unspecified atom stereocenters. The van der Waals surface area contributed by atoms with Gasteiger partial charge in [0, 0.05) is 12.5 Å². The lowest BCUT2D eigenvalue weighted by Gasteiger charge is -2.01. The molecule has 10 heavy (non-hydrogen) atoms.